The largest absolute Gasteiger partial charge is 0.0654 e. The molecule has 0 heterocycles. The van der Waals surface area contributed by atoms with Gasteiger partial charge in [-0.05, 0) is 5.41 Å². The summed E-state index contributed by atoms with van der Waals surface area (Å²) < 4.78 is 0. The molecule has 0 saturated heterocycles. The minimum absolute atomic E-state index is 0. The maximum atomic E-state index is 2.24. The monoisotopic (exact) mass is 342 g/mol. The first-order valence-corrected chi connectivity index (χ1v) is 4.97. The molecule has 0 aromatic carbocycles. The van der Waals surface area contributed by atoms with Gasteiger partial charge in [0.2, 0.25) is 0 Å². The molecule has 0 aliphatic carbocycles. The van der Waals surface area contributed by atoms with Crippen LogP contribution < -0.4 is 0 Å². The quantitative estimate of drug-likeness (QED) is 0.686. The number of hydrogen-bond acceptors (Lipinski definition) is 0. The van der Waals surface area contributed by atoms with Gasteiger partial charge in [0.25, 0.3) is 0 Å². The molecule has 0 aromatic heterocycles. The van der Waals surface area contributed by atoms with E-state index in [2.05, 4.69) is 41.5 Å². The van der Waals surface area contributed by atoms with E-state index in [1.807, 2.05) is 0 Å². The number of unbranched alkanes of at least 4 members (excludes halogenated alkanes) is 2. The summed E-state index contributed by atoms with van der Waals surface area (Å²) in [6, 6.07) is 0. The van der Waals surface area contributed by atoms with Crippen LogP contribution in [0.15, 0.2) is 0 Å². The normalized spacial score (nSPS) is 9.50. The van der Waals surface area contributed by atoms with Crippen LogP contribution in [-0.2, 0) is 21.1 Å². The topological polar surface area (TPSA) is 0 Å². The van der Waals surface area contributed by atoms with Crippen molar-refractivity contribution in [2.24, 2.45) is 5.41 Å². The molecule has 0 radical (unpaired) electrons. The van der Waals surface area contributed by atoms with E-state index in [1.54, 1.807) is 0 Å². The van der Waals surface area contributed by atoms with Crippen LogP contribution in [0, 0.1) is 5.41 Å². The Hall–Kier alpha value is 0.688. The number of rotatable bonds is 2. The Morgan fingerprint density at radius 3 is 1.08 bits per heavy atom. The first kappa shape index (κ1) is 18.5. The molecule has 0 amide bonds. The predicted octanol–water partition coefficient (Wildman–Crippen LogP) is 4.64. The van der Waals surface area contributed by atoms with Crippen molar-refractivity contribution in [1.29, 1.82) is 0 Å². The Morgan fingerprint density at radius 2 is 1.08 bits per heavy atom. The maximum absolute atomic E-state index is 2.24. The maximum Gasteiger partial charge on any atom is 0 e. The van der Waals surface area contributed by atoms with E-state index < -0.39 is 0 Å². The zero-order chi connectivity index (χ0) is 9.33. The molecule has 0 atom stereocenters. The van der Waals surface area contributed by atoms with Gasteiger partial charge in [-0.25, -0.2) is 0 Å². The Morgan fingerprint density at radius 1 is 0.833 bits per heavy atom. The molecule has 0 nitrogen and oxygen atoms in total. The summed E-state index contributed by atoms with van der Waals surface area (Å²) in [6.07, 6.45) is 5.35. The second-order valence-corrected chi connectivity index (χ2v) is 4.27. The second kappa shape index (κ2) is 11.7. The van der Waals surface area contributed by atoms with E-state index in [9.17, 15) is 0 Å². The summed E-state index contributed by atoms with van der Waals surface area (Å²) in [7, 11) is 0. The summed E-state index contributed by atoms with van der Waals surface area (Å²) in [5, 5.41) is 0. The molecule has 0 aromatic rings. The molecule has 0 aliphatic rings. The second-order valence-electron chi connectivity index (χ2n) is 4.27. The molecule has 0 rings (SSSR count). The molecular weight excluding hydrogens is 316 g/mol. The van der Waals surface area contributed by atoms with Crippen molar-refractivity contribution in [2.75, 3.05) is 0 Å². The minimum atomic E-state index is 0. The molecule has 1 heteroatoms. The Kier molecular flexibility index (Phi) is 18.0. The Labute approximate surface area is 93.8 Å². The van der Waals surface area contributed by atoms with Gasteiger partial charge in [-0.2, -0.15) is 0 Å². The van der Waals surface area contributed by atoms with Crippen LogP contribution in [0.25, 0.3) is 0 Å². The van der Waals surface area contributed by atoms with Crippen LogP contribution in [-0.4, -0.2) is 0 Å². The third kappa shape index (κ3) is 31.0. The van der Waals surface area contributed by atoms with Crippen molar-refractivity contribution >= 4 is 0 Å². The molecule has 0 unspecified atom stereocenters. The fourth-order valence-electron chi connectivity index (χ4n) is 0.354. The van der Waals surface area contributed by atoms with Crippen molar-refractivity contribution in [3.8, 4) is 0 Å². The predicted molar refractivity (Wildman–Crippen MR) is 54.9 cm³/mol. The standard InChI is InChI=1S/C6H14.C5H12.W/c1-5-6(2,3)4;1-3-5-4-2;/h5H2,1-4H3;3-5H2,1-2H3;. The zero-order valence-electron chi connectivity index (χ0n) is 9.74. The summed E-state index contributed by atoms with van der Waals surface area (Å²) in [6.45, 7) is 13.4. The van der Waals surface area contributed by atoms with Gasteiger partial charge >= 0.3 is 0 Å². The molecule has 76 valence electrons. The van der Waals surface area contributed by atoms with Gasteiger partial charge in [0.15, 0.2) is 0 Å². The summed E-state index contributed by atoms with van der Waals surface area (Å²) in [4.78, 5) is 0. The molecule has 0 N–H and O–H groups in total. The van der Waals surface area contributed by atoms with Crippen LogP contribution in [0.4, 0.5) is 0 Å². The third-order valence-corrected chi connectivity index (χ3v) is 1.77. The van der Waals surface area contributed by atoms with Gasteiger partial charge < -0.3 is 0 Å². The fraction of sp³-hybridized carbons (Fsp3) is 1.00. The van der Waals surface area contributed by atoms with E-state index in [0.29, 0.717) is 5.41 Å². The van der Waals surface area contributed by atoms with E-state index in [1.165, 1.54) is 25.7 Å². The van der Waals surface area contributed by atoms with E-state index in [4.69, 9.17) is 0 Å². The van der Waals surface area contributed by atoms with E-state index in [0.717, 1.165) is 0 Å². The van der Waals surface area contributed by atoms with Gasteiger partial charge in [0, 0.05) is 21.1 Å². The van der Waals surface area contributed by atoms with E-state index in [-0.39, 0.29) is 21.1 Å². The summed E-state index contributed by atoms with van der Waals surface area (Å²) in [5.74, 6) is 0. The molecular formula is C11H26W. The van der Waals surface area contributed by atoms with Gasteiger partial charge in [0.1, 0.15) is 0 Å². The minimum Gasteiger partial charge on any atom is -0.0654 e. The molecule has 12 heavy (non-hydrogen) atoms. The molecule has 0 saturated carbocycles. The molecule has 0 spiro atoms. The van der Waals surface area contributed by atoms with Gasteiger partial charge in [-0.1, -0.05) is 67.2 Å². The van der Waals surface area contributed by atoms with Crippen LogP contribution in [0.1, 0.15) is 67.2 Å². The van der Waals surface area contributed by atoms with Gasteiger partial charge in [-0.3, -0.25) is 0 Å². The first-order valence-electron chi connectivity index (χ1n) is 4.97. The van der Waals surface area contributed by atoms with Crippen LogP contribution in [0.2, 0.25) is 0 Å². The Bertz CT molecular complexity index is 59.9. The Balaban J connectivity index is -0.000000126. The number of hydrogen-bond donors (Lipinski definition) is 0. The zero-order valence-corrected chi connectivity index (χ0v) is 12.7. The average molecular weight is 342 g/mol. The van der Waals surface area contributed by atoms with Gasteiger partial charge in [0.05, 0.1) is 0 Å². The molecule has 0 aliphatic heterocycles. The van der Waals surface area contributed by atoms with Crippen LogP contribution in [0.3, 0.4) is 0 Å². The first-order chi connectivity index (χ1) is 4.97. The van der Waals surface area contributed by atoms with Crippen molar-refractivity contribution in [3.63, 3.8) is 0 Å². The molecule has 0 fully saturated rings. The summed E-state index contributed by atoms with van der Waals surface area (Å²) >= 11 is 0. The molecule has 0 bridgehead atoms. The fourth-order valence-corrected chi connectivity index (χ4v) is 0.354. The SMILES string of the molecule is CCC(C)(C)C.CCCCC.[W]. The van der Waals surface area contributed by atoms with Crippen LogP contribution >= 0.6 is 0 Å². The van der Waals surface area contributed by atoms with Crippen molar-refractivity contribution in [2.45, 2.75) is 67.2 Å². The van der Waals surface area contributed by atoms with Crippen LogP contribution in [0.5, 0.6) is 0 Å². The van der Waals surface area contributed by atoms with Crippen molar-refractivity contribution in [3.05, 3.63) is 0 Å². The van der Waals surface area contributed by atoms with E-state index >= 15 is 0 Å². The smallest absolute Gasteiger partial charge is 0 e. The van der Waals surface area contributed by atoms with Crippen molar-refractivity contribution < 1.29 is 21.1 Å². The average Bonchev–Trinajstić information content (AvgIpc) is 1.90. The summed E-state index contributed by atoms with van der Waals surface area (Å²) in [5.41, 5.74) is 0.542. The van der Waals surface area contributed by atoms with Crippen molar-refractivity contribution in [1.82, 2.24) is 0 Å². The third-order valence-electron chi connectivity index (χ3n) is 1.77. The van der Waals surface area contributed by atoms with Gasteiger partial charge in [-0.15, -0.1) is 0 Å².